The normalized spacial score (nSPS) is 19.7. The molecule has 0 aliphatic carbocycles. The van der Waals surface area contributed by atoms with Gasteiger partial charge in [-0.15, -0.1) is 11.3 Å². The second kappa shape index (κ2) is 10.2. The number of hydrogen-bond donors (Lipinski definition) is 0. The predicted molar refractivity (Wildman–Crippen MR) is 126 cm³/mol. The summed E-state index contributed by atoms with van der Waals surface area (Å²) < 4.78 is 42.5. The molecule has 2 aliphatic rings. The van der Waals surface area contributed by atoms with Crippen molar-refractivity contribution in [1.82, 2.24) is 13.5 Å². The number of carbonyl (C=O) groups excluding carboxylic acids is 1. The topological polar surface area (TPSA) is 60.9 Å². The lowest BCUT2D eigenvalue weighted by Gasteiger charge is -2.36. The standard InChI is InChI=1S/C23H28FN3O3S2/c24-20-9-7-19(8-10-20)18-21(22-6-5-17-31-22)23(28)25-13-15-27(16-14-25)32(29,30)26-11-3-1-2-4-12-26/h5-10,17-18H,1-4,11-16H2/b21-18+. The van der Waals surface area contributed by atoms with E-state index >= 15 is 0 Å². The molecule has 0 bridgehead atoms. The van der Waals surface area contributed by atoms with Crippen molar-refractivity contribution in [2.75, 3.05) is 39.3 Å². The number of carbonyl (C=O) groups is 1. The van der Waals surface area contributed by atoms with Gasteiger partial charge in [-0.2, -0.15) is 17.0 Å². The lowest BCUT2D eigenvalue weighted by atomic mass is 10.1. The van der Waals surface area contributed by atoms with E-state index in [1.165, 1.54) is 27.8 Å². The SMILES string of the molecule is O=C(/C(=C/c1ccc(F)cc1)c1cccs1)N1CCN(S(=O)(=O)N2CCCCCC2)CC1. The van der Waals surface area contributed by atoms with Crippen LogP contribution in [0.4, 0.5) is 4.39 Å². The molecule has 2 saturated heterocycles. The lowest BCUT2D eigenvalue weighted by Crippen LogP contribution is -2.54. The van der Waals surface area contributed by atoms with Crippen molar-refractivity contribution < 1.29 is 17.6 Å². The Labute approximate surface area is 193 Å². The zero-order valence-electron chi connectivity index (χ0n) is 18.0. The van der Waals surface area contributed by atoms with Crippen LogP contribution in [0.2, 0.25) is 0 Å². The van der Waals surface area contributed by atoms with Crippen LogP contribution in [0.15, 0.2) is 41.8 Å². The molecule has 0 atom stereocenters. The van der Waals surface area contributed by atoms with Crippen molar-refractivity contribution in [2.24, 2.45) is 0 Å². The maximum Gasteiger partial charge on any atom is 0.282 e. The van der Waals surface area contributed by atoms with Crippen LogP contribution in [0.3, 0.4) is 0 Å². The van der Waals surface area contributed by atoms with Gasteiger partial charge in [0.15, 0.2) is 0 Å². The van der Waals surface area contributed by atoms with Crippen LogP contribution in [0.1, 0.15) is 36.1 Å². The zero-order valence-corrected chi connectivity index (χ0v) is 19.6. The molecule has 2 aromatic rings. The smallest absolute Gasteiger partial charge is 0.282 e. The summed E-state index contributed by atoms with van der Waals surface area (Å²) >= 11 is 1.47. The highest BCUT2D eigenvalue weighted by molar-refractivity contribution is 7.86. The van der Waals surface area contributed by atoms with E-state index in [2.05, 4.69) is 0 Å². The summed E-state index contributed by atoms with van der Waals surface area (Å²) in [6, 6.07) is 9.79. The number of rotatable bonds is 5. The minimum Gasteiger partial charge on any atom is -0.336 e. The van der Waals surface area contributed by atoms with Crippen molar-refractivity contribution in [3.05, 3.63) is 58.0 Å². The van der Waals surface area contributed by atoms with Gasteiger partial charge in [-0.3, -0.25) is 4.79 Å². The van der Waals surface area contributed by atoms with Crippen molar-refractivity contribution in [1.29, 1.82) is 0 Å². The Morgan fingerprint density at radius 1 is 0.875 bits per heavy atom. The summed E-state index contributed by atoms with van der Waals surface area (Å²) in [5.41, 5.74) is 1.28. The molecule has 1 amide bonds. The van der Waals surface area contributed by atoms with Gasteiger partial charge in [0.05, 0.1) is 5.57 Å². The number of nitrogens with zero attached hydrogens (tertiary/aromatic N) is 3. The molecular weight excluding hydrogens is 449 g/mol. The van der Waals surface area contributed by atoms with E-state index in [1.54, 1.807) is 27.4 Å². The second-order valence-corrected chi connectivity index (χ2v) is 11.0. The Morgan fingerprint density at radius 3 is 2.09 bits per heavy atom. The van der Waals surface area contributed by atoms with Crippen LogP contribution in [0.5, 0.6) is 0 Å². The minimum atomic E-state index is -3.49. The number of thiophene rings is 1. The minimum absolute atomic E-state index is 0.136. The fraction of sp³-hybridized carbons (Fsp3) is 0.435. The first-order valence-electron chi connectivity index (χ1n) is 11.0. The number of hydrogen-bond acceptors (Lipinski definition) is 4. The van der Waals surface area contributed by atoms with Gasteiger partial charge in [-0.25, -0.2) is 4.39 Å². The van der Waals surface area contributed by atoms with E-state index in [0.717, 1.165) is 36.1 Å². The molecule has 2 aliphatic heterocycles. The van der Waals surface area contributed by atoms with Crippen molar-refractivity contribution in [2.45, 2.75) is 25.7 Å². The van der Waals surface area contributed by atoms with Gasteiger partial charge in [0.2, 0.25) is 0 Å². The molecule has 1 aromatic carbocycles. The van der Waals surface area contributed by atoms with Gasteiger partial charge in [0.1, 0.15) is 5.82 Å². The number of halogens is 1. The van der Waals surface area contributed by atoms with Crippen LogP contribution in [0, 0.1) is 5.82 Å². The van der Waals surface area contributed by atoms with Crippen LogP contribution in [-0.2, 0) is 15.0 Å². The first-order valence-corrected chi connectivity index (χ1v) is 13.3. The first-order chi connectivity index (χ1) is 15.4. The molecule has 6 nitrogen and oxygen atoms in total. The van der Waals surface area contributed by atoms with Gasteiger partial charge in [-0.1, -0.05) is 31.0 Å². The molecule has 0 N–H and O–H groups in total. The molecule has 0 spiro atoms. The van der Waals surface area contributed by atoms with Crippen LogP contribution in [0.25, 0.3) is 11.6 Å². The predicted octanol–water partition coefficient (Wildman–Crippen LogP) is 3.69. The van der Waals surface area contributed by atoms with Crippen molar-refractivity contribution in [3.63, 3.8) is 0 Å². The summed E-state index contributed by atoms with van der Waals surface area (Å²) in [5, 5.41) is 1.91. The average molecular weight is 478 g/mol. The maximum atomic E-state index is 13.4. The van der Waals surface area contributed by atoms with Crippen LogP contribution in [-0.4, -0.2) is 67.1 Å². The van der Waals surface area contributed by atoms with E-state index < -0.39 is 10.2 Å². The highest BCUT2D eigenvalue weighted by Crippen LogP contribution is 2.26. The van der Waals surface area contributed by atoms with Crippen molar-refractivity contribution in [3.8, 4) is 0 Å². The summed E-state index contributed by atoms with van der Waals surface area (Å²) in [7, 11) is -3.49. The molecule has 2 fully saturated rings. The van der Waals surface area contributed by atoms with Gasteiger partial charge < -0.3 is 4.90 Å². The van der Waals surface area contributed by atoms with Gasteiger partial charge in [-0.05, 0) is 48.1 Å². The molecule has 4 rings (SSSR count). The molecular formula is C23H28FN3O3S2. The summed E-state index contributed by atoms with van der Waals surface area (Å²) in [4.78, 5) is 15.9. The number of piperazine rings is 1. The molecule has 0 saturated carbocycles. The largest absolute Gasteiger partial charge is 0.336 e. The Balaban J connectivity index is 1.47. The molecule has 0 radical (unpaired) electrons. The molecule has 172 valence electrons. The Morgan fingerprint density at radius 2 is 1.50 bits per heavy atom. The van der Waals surface area contributed by atoms with E-state index in [1.807, 2.05) is 17.5 Å². The van der Waals surface area contributed by atoms with Gasteiger partial charge >= 0.3 is 0 Å². The van der Waals surface area contributed by atoms with E-state index in [-0.39, 0.29) is 11.7 Å². The quantitative estimate of drug-likeness (QED) is 0.617. The highest BCUT2D eigenvalue weighted by atomic mass is 32.2. The highest BCUT2D eigenvalue weighted by Gasteiger charge is 2.34. The summed E-state index contributed by atoms with van der Waals surface area (Å²) in [6.07, 6.45) is 5.71. The van der Waals surface area contributed by atoms with Crippen LogP contribution >= 0.6 is 11.3 Å². The molecule has 3 heterocycles. The monoisotopic (exact) mass is 477 g/mol. The van der Waals surface area contributed by atoms with E-state index in [4.69, 9.17) is 0 Å². The Kier molecular flexibility index (Phi) is 7.40. The average Bonchev–Trinajstić information content (AvgIpc) is 3.19. The van der Waals surface area contributed by atoms with E-state index in [9.17, 15) is 17.6 Å². The maximum absolute atomic E-state index is 13.4. The molecule has 9 heteroatoms. The Hall–Kier alpha value is -2.07. The van der Waals surface area contributed by atoms with Crippen LogP contribution < -0.4 is 0 Å². The van der Waals surface area contributed by atoms with Gasteiger partial charge in [0.25, 0.3) is 16.1 Å². The fourth-order valence-electron chi connectivity index (χ4n) is 4.12. The Bertz CT molecular complexity index is 1040. The molecule has 1 aromatic heterocycles. The van der Waals surface area contributed by atoms with E-state index in [0.29, 0.717) is 44.8 Å². The summed E-state index contributed by atoms with van der Waals surface area (Å²) in [5.74, 6) is -0.462. The lowest BCUT2D eigenvalue weighted by molar-refractivity contribution is -0.126. The van der Waals surface area contributed by atoms with Gasteiger partial charge in [0, 0.05) is 44.1 Å². The second-order valence-electron chi connectivity index (χ2n) is 8.10. The third-order valence-electron chi connectivity index (χ3n) is 5.94. The third kappa shape index (κ3) is 5.28. The number of benzene rings is 1. The molecule has 32 heavy (non-hydrogen) atoms. The zero-order chi connectivity index (χ0) is 22.6. The summed E-state index contributed by atoms with van der Waals surface area (Å²) in [6.45, 7) is 2.42. The third-order valence-corrected chi connectivity index (χ3v) is 8.88. The van der Waals surface area contributed by atoms with Crippen molar-refractivity contribution >= 4 is 39.1 Å². The first kappa shape index (κ1) is 23.1. The molecule has 0 unspecified atom stereocenters. The fourth-order valence-corrected chi connectivity index (χ4v) is 6.53. The number of amides is 1.